The number of nitrogens with zero attached hydrogens (tertiary/aromatic N) is 2. The number of amides is 1. The summed E-state index contributed by atoms with van der Waals surface area (Å²) in [5.74, 6) is 0.780. The summed E-state index contributed by atoms with van der Waals surface area (Å²) < 4.78 is 7.51. The van der Waals surface area contributed by atoms with Gasteiger partial charge in [0.15, 0.2) is 0 Å². The van der Waals surface area contributed by atoms with Gasteiger partial charge in [0.1, 0.15) is 11.4 Å². The largest absolute Gasteiger partial charge is 0.368 e. The Morgan fingerprint density at radius 2 is 2.17 bits per heavy atom. The minimum atomic E-state index is -0.746. The maximum absolute atomic E-state index is 12.7. The fraction of sp³-hybridized carbons (Fsp3) is 0.412. The molecule has 0 unspecified atom stereocenters. The molecule has 2 N–H and O–H groups in total. The molecule has 2 heterocycles. The molecule has 0 bridgehead atoms. The van der Waals surface area contributed by atoms with E-state index in [0.717, 1.165) is 30.2 Å². The van der Waals surface area contributed by atoms with Crippen molar-refractivity contribution >= 4 is 11.6 Å². The molecule has 1 saturated heterocycles. The normalized spacial score (nSPS) is 17.0. The van der Waals surface area contributed by atoms with Crippen molar-refractivity contribution < 1.29 is 9.53 Å². The Hall–Kier alpha value is -2.18. The number of aromatic nitrogens is 2. The van der Waals surface area contributed by atoms with E-state index < -0.39 is 5.60 Å². The number of aryl methyl sites for hydroxylation is 1. The van der Waals surface area contributed by atoms with Gasteiger partial charge in [0.2, 0.25) is 0 Å². The standard InChI is InChI=1S/C17H22N4O2/c1-21-11-10-19-15(21)13-4-3-5-14(12-13)20-16(22)17(23-2)6-8-18-9-7-17/h3-5,10-12,18H,6-9H2,1-2H3,(H,20,22). The number of piperidine rings is 1. The van der Waals surface area contributed by atoms with Crippen molar-refractivity contribution in [1.29, 1.82) is 0 Å². The minimum absolute atomic E-state index is 0.0847. The molecular weight excluding hydrogens is 292 g/mol. The van der Waals surface area contributed by atoms with Crippen LogP contribution in [0, 0.1) is 0 Å². The first kappa shape index (κ1) is 15.7. The number of ether oxygens (including phenoxy) is 1. The van der Waals surface area contributed by atoms with Crippen molar-refractivity contribution in [3.05, 3.63) is 36.7 Å². The van der Waals surface area contributed by atoms with Gasteiger partial charge in [-0.25, -0.2) is 4.98 Å². The third-order valence-electron chi connectivity index (χ3n) is 4.42. The zero-order valence-corrected chi connectivity index (χ0v) is 13.5. The van der Waals surface area contributed by atoms with Crippen molar-refractivity contribution in [2.24, 2.45) is 7.05 Å². The quantitative estimate of drug-likeness (QED) is 0.903. The first-order valence-electron chi connectivity index (χ1n) is 7.80. The van der Waals surface area contributed by atoms with Crippen molar-refractivity contribution in [2.45, 2.75) is 18.4 Å². The number of imidazole rings is 1. The van der Waals surface area contributed by atoms with Crippen LogP contribution in [0.1, 0.15) is 12.8 Å². The Bertz CT molecular complexity index is 689. The number of benzene rings is 1. The van der Waals surface area contributed by atoms with Gasteiger partial charge in [-0.2, -0.15) is 0 Å². The fourth-order valence-electron chi connectivity index (χ4n) is 2.98. The summed E-state index contributed by atoms with van der Waals surface area (Å²) in [4.78, 5) is 17.0. The van der Waals surface area contributed by atoms with E-state index in [9.17, 15) is 4.79 Å². The molecule has 6 heteroatoms. The van der Waals surface area contributed by atoms with Crippen LogP contribution >= 0.6 is 0 Å². The van der Waals surface area contributed by atoms with E-state index in [1.165, 1.54) is 0 Å². The molecular formula is C17H22N4O2. The lowest BCUT2D eigenvalue weighted by Gasteiger charge is -2.34. The van der Waals surface area contributed by atoms with Crippen LogP contribution in [-0.4, -0.2) is 41.3 Å². The average molecular weight is 314 g/mol. The molecule has 1 aliphatic heterocycles. The highest BCUT2D eigenvalue weighted by Crippen LogP contribution is 2.26. The third-order valence-corrected chi connectivity index (χ3v) is 4.42. The maximum Gasteiger partial charge on any atom is 0.256 e. The van der Waals surface area contributed by atoms with Crippen LogP contribution in [0.25, 0.3) is 11.4 Å². The highest BCUT2D eigenvalue weighted by atomic mass is 16.5. The van der Waals surface area contributed by atoms with Crippen LogP contribution in [-0.2, 0) is 16.6 Å². The Morgan fingerprint density at radius 1 is 1.39 bits per heavy atom. The summed E-state index contributed by atoms with van der Waals surface area (Å²) in [7, 11) is 3.55. The van der Waals surface area contributed by atoms with Crippen LogP contribution in [0.5, 0.6) is 0 Å². The molecule has 1 aromatic heterocycles. The first-order valence-corrected chi connectivity index (χ1v) is 7.80. The van der Waals surface area contributed by atoms with Crippen LogP contribution < -0.4 is 10.6 Å². The predicted octanol–water partition coefficient (Wildman–Crippen LogP) is 1.79. The number of hydrogen-bond donors (Lipinski definition) is 2. The van der Waals surface area contributed by atoms with Gasteiger partial charge in [0.05, 0.1) is 0 Å². The number of methoxy groups -OCH3 is 1. The van der Waals surface area contributed by atoms with Crippen molar-refractivity contribution in [3.63, 3.8) is 0 Å². The number of nitrogens with one attached hydrogen (secondary N) is 2. The predicted molar refractivity (Wildman–Crippen MR) is 89.1 cm³/mol. The molecule has 122 valence electrons. The second-order valence-corrected chi connectivity index (χ2v) is 5.85. The van der Waals surface area contributed by atoms with Gasteiger partial charge in [0, 0.05) is 37.8 Å². The van der Waals surface area contributed by atoms with Gasteiger partial charge in [-0.1, -0.05) is 12.1 Å². The number of hydrogen-bond acceptors (Lipinski definition) is 4. The number of carbonyl (C=O) groups is 1. The van der Waals surface area contributed by atoms with E-state index >= 15 is 0 Å². The lowest BCUT2D eigenvalue weighted by atomic mass is 9.91. The van der Waals surface area contributed by atoms with Gasteiger partial charge in [0.25, 0.3) is 5.91 Å². The summed E-state index contributed by atoms with van der Waals surface area (Å²) in [6.07, 6.45) is 5.01. The molecule has 0 radical (unpaired) electrons. The molecule has 2 aromatic rings. The first-order chi connectivity index (χ1) is 11.1. The van der Waals surface area contributed by atoms with Crippen LogP contribution in [0.2, 0.25) is 0 Å². The molecule has 1 aromatic carbocycles. The molecule has 0 atom stereocenters. The topological polar surface area (TPSA) is 68.2 Å². The van der Waals surface area contributed by atoms with E-state index in [-0.39, 0.29) is 5.91 Å². The lowest BCUT2D eigenvalue weighted by molar-refractivity contribution is -0.140. The van der Waals surface area contributed by atoms with Gasteiger partial charge in [-0.3, -0.25) is 4.79 Å². The number of rotatable bonds is 4. The van der Waals surface area contributed by atoms with Crippen LogP contribution in [0.15, 0.2) is 36.7 Å². The Balaban J connectivity index is 1.80. The molecule has 0 spiro atoms. The monoisotopic (exact) mass is 314 g/mol. The van der Waals surface area contributed by atoms with E-state index in [2.05, 4.69) is 15.6 Å². The lowest BCUT2D eigenvalue weighted by Crippen LogP contribution is -2.51. The highest BCUT2D eigenvalue weighted by molar-refractivity contribution is 5.97. The third kappa shape index (κ3) is 3.13. The second kappa shape index (κ2) is 6.52. The molecule has 6 nitrogen and oxygen atoms in total. The van der Waals surface area contributed by atoms with Gasteiger partial charge < -0.3 is 19.9 Å². The van der Waals surface area contributed by atoms with Gasteiger partial charge >= 0.3 is 0 Å². The summed E-state index contributed by atoms with van der Waals surface area (Å²) in [6.45, 7) is 1.57. The van der Waals surface area contributed by atoms with E-state index in [0.29, 0.717) is 12.8 Å². The minimum Gasteiger partial charge on any atom is -0.368 e. The van der Waals surface area contributed by atoms with Crippen LogP contribution in [0.4, 0.5) is 5.69 Å². The maximum atomic E-state index is 12.7. The van der Waals surface area contributed by atoms with Crippen LogP contribution in [0.3, 0.4) is 0 Å². The Kier molecular flexibility index (Phi) is 4.45. The molecule has 0 saturated carbocycles. The zero-order chi connectivity index (χ0) is 16.3. The summed E-state index contributed by atoms with van der Waals surface area (Å²) in [5.41, 5.74) is 0.974. The number of carbonyl (C=O) groups excluding carboxylic acids is 1. The van der Waals surface area contributed by atoms with Gasteiger partial charge in [-0.15, -0.1) is 0 Å². The molecule has 1 aliphatic rings. The summed E-state index contributed by atoms with van der Waals surface area (Å²) in [5, 5.41) is 6.25. The highest BCUT2D eigenvalue weighted by Gasteiger charge is 2.39. The van der Waals surface area contributed by atoms with E-state index in [1.807, 2.05) is 42.1 Å². The Morgan fingerprint density at radius 3 is 2.83 bits per heavy atom. The summed E-state index contributed by atoms with van der Waals surface area (Å²) >= 11 is 0. The Labute approximate surface area is 135 Å². The van der Waals surface area contributed by atoms with Crippen molar-refractivity contribution in [2.75, 3.05) is 25.5 Å². The number of anilines is 1. The van der Waals surface area contributed by atoms with Crippen molar-refractivity contribution in [1.82, 2.24) is 14.9 Å². The van der Waals surface area contributed by atoms with Gasteiger partial charge in [-0.05, 0) is 38.1 Å². The zero-order valence-electron chi connectivity index (χ0n) is 13.5. The molecule has 1 amide bonds. The molecule has 23 heavy (non-hydrogen) atoms. The molecule has 0 aliphatic carbocycles. The molecule has 1 fully saturated rings. The second-order valence-electron chi connectivity index (χ2n) is 5.85. The summed E-state index contributed by atoms with van der Waals surface area (Å²) in [6, 6.07) is 7.72. The molecule has 3 rings (SSSR count). The SMILES string of the molecule is COC1(C(=O)Nc2cccc(-c3nccn3C)c2)CCNCC1. The van der Waals surface area contributed by atoms with E-state index in [4.69, 9.17) is 4.74 Å². The average Bonchev–Trinajstić information content (AvgIpc) is 3.01. The fourth-order valence-corrected chi connectivity index (χ4v) is 2.98. The van der Waals surface area contributed by atoms with E-state index in [1.54, 1.807) is 13.3 Å². The smallest absolute Gasteiger partial charge is 0.256 e. The van der Waals surface area contributed by atoms with Crippen molar-refractivity contribution in [3.8, 4) is 11.4 Å².